The molecule has 0 spiro atoms. The van der Waals surface area contributed by atoms with E-state index in [9.17, 15) is 12.8 Å². The van der Waals surface area contributed by atoms with E-state index in [0.29, 0.717) is 0 Å². The number of benzene rings is 1. The van der Waals surface area contributed by atoms with E-state index in [4.69, 9.17) is 0 Å². The van der Waals surface area contributed by atoms with Crippen molar-refractivity contribution in [2.45, 2.75) is 11.1 Å². The van der Waals surface area contributed by atoms with Gasteiger partial charge in [0.1, 0.15) is 11.5 Å². The van der Waals surface area contributed by atoms with Gasteiger partial charge in [0.25, 0.3) is 0 Å². The molecule has 0 amide bonds. The van der Waals surface area contributed by atoms with Gasteiger partial charge in [-0.05, 0) is 12.1 Å². The van der Waals surface area contributed by atoms with Crippen LogP contribution in [0, 0.1) is 5.82 Å². The van der Waals surface area contributed by atoms with Crippen LogP contribution in [0.4, 0.5) is 4.39 Å². The van der Waals surface area contributed by atoms with Crippen LogP contribution >= 0.6 is 11.5 Å². The smallest absolute Gasteiger partial charge is 0.191 e. The number of nitrogens with zero attached hydrogens (tertiary/aromatic N) is 2. The van der Waals surface area contributed by atoms with Crippen LogP contribution in [0.5, 0.6) is 0 Å². The second kappa shape index (κ2) is 4.50. The Labute approximate surface area is 102 Å². The van der Waals surface area contributed by atoms with Gasteiger partial charge >= 0.3 is 0 Å². The molecule has 7 heteroatoms. The average molecular weight is 272 g/mol. The normalized spacial score (nSPS) is 11.6. The highest BCUT2D eigenvalue weighted by molar-refractivity contribution is 7.93. The maximum absolute atomic E-state index is 13.6. The highest BCUT2D eigenvalue weighted by Crippen LogP contribution is 2.30. The third-order valence-corrected chi connectivity index (χ3v) is 5.28. The summed E-state index contributed by atoms with van der Waals surface area (Å²) < 4.78 is 40.7. The highest BCUT2D eigenvalue weighted by Gasteiger charge is 2.23. The lowest BCUT2D eigenvalue weighted by molar-refractivity contribution is 0.599. The molecular formula is C10H9FN2O2S2. The van der Waals surface area contributed by atoms with Crippen molar-refractivity contribution in [2.24, 2.45) is 0 Å². The molecule has 2 rings (SSSR count). The van der Waals surface area contributed by atoms with Gasteiger partial charge in [-0.2, -0.15) is 0 Å². The van der Waals surface area contributed by atoms with Gasteiger partial charge in [0.2, 0.25) is 0 Å². The standard InChI is InChI=1S/C10H9FN2O2S2/c1-2-17(14,15)10-9(12-13-16-10)7-5-3-4-6-8(7)11/h3-6H,2H2,1H3. The molecule has 0 N–H and O–H groups in total. The number of hydrogen-bond donors (Lipinski definition) is 0. The second-order valence-corrected chi connectivity index (χ2v) is 6.52. The molecule has 1 aromatic heterocycles. The monoisotopic (exact) mass is 272 g/mol. The Morgan fingerprint density at radius 1 is 1.35 bits per heavy atom. The molecule has 1 heterocycles. The molecule has 4 nitrogen and oxygen atoms in total. The fourth-order valence-corrected chi connectivity index (χ4v) is 3.38. The molecule has 1 aromatic carbocycles. The Morgan fingerprint density at radius 3 is 2.71 bits per heavy atom. The van der Waals surface area contributed by atoms with Crippen LogP contribution in [0.15, 0.2) is 28.5 Å². The zero-order valence-electron chi connectivity index (χ0n) is 8.92. The van der Waals surface area contributed by atoms with E-state index in [1.807, 2.05) is 0 Å². The summed E-state index contributed by atoms with van der Waals surface area (Å²) >= 11 is 0.769. The molecule has 0 aliphatic rings. The van der Waals surface area contributed by atoms with Gasteiger partial charge < -0.3 is 0 Å². The van der Waals surface area contributed by atoms with Crippen LogP contribution in [-0.4, -0.2) is 23.8 Å². The molecule has 90 valence electrons. The van der Waals surface area contributed by atoms with Crippen molar-refractivity contribution in [1.82, 2.24) is 9.59 Å². The third kappa shape index (κ3) is 2.20. The summed E-state index contributed by atoms with van der Waals surface area (Å²) in [7, 11) is -3.42. The zero-order chi connectivity index (χ0) is 12.5. The van der Waals surface area contributed by atoms with Crippen molar-refractivity contribution < 1.29 is 12.8 Å². The quantitative estimate of drug-likeness (QED) is 0.859. The SMILES string of the molecule is CCS(=O)(=O)c1snnc1-c1ccccc1F. The summed E-state index contributed by atoms with van der Waals surface area (Å²) in [5.74, 6) is -0.564. The molecule has 17 heavy (non-hydrogen) atoms. The molecule has 0 saturated heterocycles. The molecule has 0 atom stereocenters. The highest BCUT2D eigenvalue weighted by atomic mass is 32.2. The minimum absolute atomic E-state index is 0.0186. The van der Waals surface area contributed by atoms with Crippen LogP contribution in [-0.2, 0) is 9.84 Å². The summed E-state index contributed by atoms with van der Waals surface area (Å²) in [6.07, 6.45) is 0. The van der Waals surface area contributed by atoms with Crippen molar-refractivity contribution in [3.05, 3.63) is 30.1 Å². The van der Waals surface area contributed by atoms with Crippen molar-refractivity contribution >= 4 is 21.4 Å². The lowest BCUT2D eigenvalue weighted by Crippen LogP contribution is -2.03. The van der Waals surface area contributed by atoms with Crippen LogP contribution in [0.1, 0.15) is 6.92 Å². The zero-order valence-corrected chi connectivity index (χ0v) is 10.6. The first kappa shape index (κ1) is 12.1. The lowest BCUT2D eigenvalue weighted by Gasteiger charge is -2.02. The summed E-state index contributed by atoms with van der Waals surface area (Å²) in [5.41, 5.74) is 0.253. The Hall–Kier alpha value is -1.34. The molecule has 0 aliphatic carbocycles. The largest absolute Gasteiger partial charge is 0.223 e. The second-order valence-electron chi connectivity index (χ2n) is 3.29. The van der Waals surface area contributed by atoms with Gasteiger partial charge in [-0.1, -0.05) is 23.5 Å². The van der Waals surface area contributed by atoms with E-state index in [0.717, 1.165) is 11.5 Å². The number of hydrogen-bond acceptors (Lipinski definition) is 5. The van der Waals surface area contributed by atoms with Crippen molar-refractivity contribution in [2.75, 3.05) is 5.75 Å². The minimum Gasteiger partial charge on any atom is -0.223 e. The number of sulfone groups is 1. The predicted octanol–water partition coefficient (Wildman–Crippen LogP) is 2.14. The summed E-state index contributed by atoms with van der Waals surface area (Å²) in [5, 5.41) is 3.71. The maximum Gasteiger partial charge on any atom is 0.191 e. The number of aromatic nitrogens is 2. The van der Waals surface area contributed by atoms with Gasteiger partial charge in [0.05, 0.1) is 5.75 Å². The molecule has 2 aromatic rings. The first-order chi connectivity index (χ1) is 8.06. The van der Waals surface area contributed by atoms with E-state index in [-0.39, 0.29) is 21.2 Å². The summed E-state index contributed by atoms with van der Waals surface area (Å²) in [4.78, 5) is 0. The molecule has 0 radical (unpaired) electrons. The van der Waals surface area contributed by atoms with Crippen LogP contribution in [0.25, 0.3) is 11.3 Å². The maximum atomic E-state index is 13.6. The predicted molar refractivity (Wildman–Crippen MR) is 63.0 cm³/mol. The Balaban J connectivity index is 2.64. The van der Waals surface area contributed by atoms with Crippen molar-refractivity contribution in [1.29, 1.82) is 0 Å². The summed E-state index contributed by atoms with van der Waals surface area (Å²) in [6, 6.07) is 5.91. The van der Waals surface area contributed by atoms with Gasteiger partial charge in [-0.15, -0.1) is 5.10 Å². The van der Waals surface area contributed by atoms with Crippen LogP contribution in [0.2, 0.25) is 0 Å². The third-order valence-electron chi connectivity index (χ3n) is 2.25. The van der Waals surface area contributed by atoms with E-state index in [1.54, 1.807) is 6.07 Å². The molecule has 0 bridgehead atoms. The van der Waals surface area contributed by atoms with E-state index in [1.165, 1.54) is 25.1 Å². The van der Waals surface area contributed by atoms with Crippen LogP contribution < -0.4 is 0 Å². The Morgan fingerprint density at radius 2 is 2.06 bits per heavy atom. The molecule has 0 aliphatic heterocycles. The van der Waals surface area contributed by atoms with Crippen molar-refractivity contribution in [3.8, 4) is 11.3 Å². The van der Waals surface area contributed by atoms with Crippen molar-refractivity contribution in [3.63, 3.8) is 0 Å². The Bertz CT molecular complexity index is 637. The summed E-state index contributed by atoms with van der Waals surface area (Å²) in [6.45, 7) is 1.53. The van der Waals surface area contributed by atoms with Crippen LogP contribution in [0.3, 0.4) is 0 Å². The number of rotatable bonds is 3. The molecular weight excluding hydrogens is 263 g/mol. The molecule has 0 unspecified atom stereocenters. The fourth-order valence-electron chi connectivity index (χ4n) is 1.33. The van der Waals surface area contributed by atoms with E-state index >= 15 is 0 Å². The fraction of sp³-hybridized carbons (Fsp3) is 0.200. The first-order valence-corrected chi connectivity index (χ1v) is 7.29. The molecule has 0 fully saturated rings. The van der Waals surface area contributed by atoms with Gasteiger partial charge in [-0.3, -0.25) is 0 Å². The first-order valence-electron chi connectivity index (χ1n) is 4.86. The van der Waals surface area contributed by atoms with E-state index < -0.39 is 15.7 Å². The van der Waals surface area contributed by atoms with Gasteiger partial charge in [0.15, 0.2) is 14.0 Å². The lowest BCUT2D eigenvalue weighted by atomic mass is 10.2. The topological polar surface area (TPSA) is 59.9 Å². The Kier molecular flexibility index (Phi) is 3.21. The number of halogens is 1. The minimum atomic E-state index is -3.42. The van der Waals surface area contributed by atoms with Gasteiger partial charge in [-0.25, -0.2) is 12.8 Å². The van der Waals surface area contributed by atoms with Gasteiger partial charge in [0, 0.05) is 17.1 Å². The van der Waals surface area contributed by atoms with E-state index in [2.05, 4.69) is 9.59 Å². The molecule has 0 saturated carbocycles. The average Bonchev–Trinajstić information content (AvgIpc) is 2.79.